The third kappa shape index (κ3) is 3.17. The molecule has 0 bridgehead atoms. The van der Waals surface area contributed by atoms with Crippen LogP contribution in [0.2, 0.25) is 0 Å². The lowest BCUT2D eigenvalue weighted by Gasteiger charge is -2.33. The summed E-state index contributed by atoms with van der Waals surface area (Å²) < 4.78 is 0. The molecule has 0 saturated carbocycles. The Labute approximate surface area is 160 Å². The van der Waals surface area contributed by atoms with Crippen molar-refractivity contribution in [1.29, 1.82) is 0 Å². The van der Waals surface area contributed by atoms with Crippen LogP contribution in [0.3, 0.4) is 0 Å². The van der Waals surface area contributed by atoms with Crippen molar-refractivity contribution in [3.63, 3.8) is 0 Å². The number of unbranched alkanes of at least 4 members (excludes halogenated alkanes) is 1. The molecule has 4 rings (SSSR count). The van der Waals surface area contributed by atoms with E-state index < -0.39 is 0 Å². The standard InChI is InChI=1S/C19H20N4OS2/c1-3-4-11-25-19-21-18(24)16-13-7-5-6-8-14(13)20-17(23(16)22-19)15-10-9-12(2)26-15/h5-10,17H,3-4,11H2,1-2H3,(H,21,22,24)/t17-/m0/s1. The van der Waals surface area contributed by atoms with Crippen LogP contribution < -0.4 is 15.9 Å². The maximum atomic E-state index is 12.9. The van der Waals surface area contributed by atoms with Crippen molar-refractivity contribution in [3.05, 3.63) is 56.7 Å². The molecule has 134 valence electrons. The number of thioether (sulfide) groups is 1. The zero-order valence-electron chi connectivity index (χ0n) is 14.7. The highest BCUT2D eigenvalue weighted by atomic mass is 32.2. The Morgan fingerprint density at radius 2 is 2.12 bits per heavy atom. The van der Waals surface area contributed by atoms with Crippen LogP contribution in [0.15, 0.2) is 46.5 Å². The minimum absolute atomic E-state index is 0.111. The number of amides is 1. The Hall–Kier alpha value is -2.12. The average molecular weight is 385 g/mol. The molecule has 0 fully saturated rings. The molecule has 0 radical (unpaired) electrons. The zero-order chi connectivity index (χ0) is 18.1. The lowest BCUT2D eigenvalue weighted by atomic mass is 10.1. The lowest BCUT2D eigenvalue weighted by Crippen LogP contribution is -2.50. The van der Waals surface area contributed by atoms with Gasteiger partial charge < -0.3 is 0 Å². The number of nitrogens with zero attached hydrogens (tertiary/aromatic N) is 3. The summed E-state index contributed by atoms with van der Waals surface area (Å²) in [6, 6.07) is 11.9. The molecule has 2 aliphatic heterocycles. The van der Waals surface area contributed by atoms with Crippen LogP contribution in [0.4, 0.5) is 0 Å². The van der Waals surface area contributed by atoms with Crippen LogP contribution in [-0.2, 0) is 4.79 Å². The van der Waals surface area contributed by atoms with Crippen molar-refractivity contribution in [3.8, 4) is 0 Å². The first-order chi connectivity index (χ1) is 12.7. The minimum atomic E-state index is -0.300. The van der Waals surface area contributed by atoms with Crippen molar-refractivity contribution < 1.29 is 4.79 Å². The van der Waals surface area contributed by atoms with Crippen LogP contribution in [0, 0.1) is 6.92 Å². The van der Waals surface area contributed by atoms with Gasteiger partial charge in [0.2, 0.25) is 0 Å². The van der Waals surface area contributed by atoms with Gasteiger partial charge in [0.05, 0.1) is 10.2 Å². The molecule has 0 spiro atoms. The molecular formula is C19H20N4OS2. The molecule has 1 aromatic carbocycles. The third-order valence-electron chi connectivity index (χ3n) is 4.27. The number of fused-ring (bicyclic) bond motifs is 2. The van der Waals surface area contributed by atoms with Crippen molar-refractivity contribution in [2.45, 2.75) is 32.9 Å². The van der Waals surface area contributed by atoms with Crippen LogP contribution in [-0.4, -0.2) is 21.8 Å². The molecule has 2 aromatic rings. The maximum Gasteiger partial charge on any atom is 0.276 e. The first-order valence-corrected chi connectivity index (χ1v) is 10.5. The number of rotatable bonds is 4. The molecule has 0 aliphatic carbocycles. The fraction of sp³-hybridized carbons (Fsp3) is 0.316. The van der Waals surface area contributed by atoms with Crippen LogP contribution in [0.1, 0.15) is 35.7 Å². The second kappa shape index (κ2) is 7.25. The smallest absolute Gasteiger partial charge is 0.276 e. The fourth-order valence-corrected chi connectivity index (χ4v) is 4.82. The van der Waals surface area contributed by atoms with E-state index in [1.807, 2.05) is 24.3 Å². The van der Waals surface area contributed by atoms with E-state index in [4.69, 9.17) is 10.1 Å². The summed E-state index contributed by atoms with van der Waals surface area (Å²) in [5.74, 6) is 0.828. The van der Waals surface area contributed by atoms with Gasteiger partial charge in [-0.1, -0.05) is 43.3 Å². The van der Waals surface area contributed by atoms with Crippen LogP contribution in [0.5, 0.6) is 0 Å². The van der Waals surface area contributed by atoms with Crippen LogP contribution >= 0.6 is 23.1 Å². The summed E-state index contributed by atoms with van der Waals surface area (Å²) in [5.41, 5.74) is 0.575. The quantitative estimate of drug-likeness (QED) is 0.825. The van der Waals surface area contributed by atoms with Gasteiger partial charge in [-0.3, -0.25) is 15.1 Å². The normalized spacial score (nSPS) is 18.6. The molecule has 1 amide bonds. The van der Waals surface area contributed by atoms with E-state index >= 15 is 0 Å². The van der Waals surface area contributed by atoms with Crippen molar-refractivity contribution >= 4 is 39.9 Å². The molecule has 26 heavy (non-hydrogen) atoms. The van der Waals surface area contributed by atoms with Gasteiger partial charge in [0.1, 0.15) is 5.70 Å². The van der Waals surface area contributed by atoms with E-state index in [0.717, 1.165) is 34.0 Å². The second-order valence-corrected chi connectivity index (χ2v) is 8.63. The van der Waals surface area contributed by atoms with E-state index in [0.29, 0.717) is 10.9 Å². The number of amidine groups is 1. The summed E-state index contributed by atoms with van der Waals surface area (Å²) in [6.07, 6.45) is 1.91. The number of carbonyl (C=O) groups is 1. The molecule has 0 unspecified atom stereocenters. The third-order valence-corrected chi connectivity index (χ3v) is 6.26. The number of para-hydroxylation sites is 1. The van der Waals surface area contributed by atoms with Crippen molar-refractivity contribution in [2.24, 2.45) is 10.1 Å². The molecule has 3 heterocycles. The first-order valence-electron chi connectivity index (χ1n) is 8.73. The Bertz CT molecular complexity index is 995. The van der Waals surface area contributed by atoms with E-state index in [9.17, 15) is 4.79 Å². The molecular weight excluding hydrogens is 364 g/mol. The number of hydrogen-bond acceptors (Lipinski definition) is 6. The second-order valence-electron chi connectivity index (χ2n) is 6.22. The van der Waals surface area contributed by atoms with E-state index in [1.165, 1.54) is 4.88 Å². The van der Waals surface area contributed by atoms with Gasteiger partial charge in [-0.25, -0.2) is 5.01 Å². The fourth-order valence-electron chi connectivity index (χ4n) is 2.98. The van der Waals surface area contributed by atoms with Gasteiger partial charge in [-0.05, 0) is 31.5 Å². The molecule has 1 atom stereocenters. The predicted octanol–water partition coefficient (Wildman–Crippen LogP) is 2.73. The lowest BCUT2D eigenvalue weighted by molar-refractivity contribution is -0.116. The highest BCUT2D eigenvalue weighted by Gasteiger charge is 2.34. The number of thiophene rings is 1. The molecule has 1 aromatic heterocycles. The first kappa shape index (κ1) is 17.3. The number of hydrazone groups is 1. The van der Waals surface area contributed by atoms with Gasteiger partial charge in [-0.2, -0.15) is 0 Å². The van der Waals surface area contributed by atoms with E-state index in [-0.39, 0.29) is 12.1 Å². The zero-order valence-corrected chi connectivity index (χ0v) is 16.4. The number of nitrogens with one attached hydrogen (secondary N) is 1. The largest absolute Gasteiger partial charge is 0.298 e. The Morgan fingerprint density at radius 1 is 1.27 bits per heavy atom. The Kier molecular flexibility index (Phi) is 4.82. The molecule has 1 N–H and O–H groups in total. The average Bonchev–Trinajstić information content (AvgIpc) is 3.07. The minimum Gasteiger partial charge on any atom is -0.298 e. The summed E-state index contributed by atoms with van der Waals surface area (Å²) in [6.45, 7) is 4.23. The maximum absolute atomic E-state index is 12.9. The topological polar surface area (TPSA) is 57.1 Å². The van der Waals surface area contributed by atoms with Crippen molar-refractivity contribution in [1.82, 2.24) is 10.3 Å². The molecule has 5 nitrogen and oxygen atoms in total. The van der Waals surface area contributed by atoms with Gasteiger partial charge in [0.15, 0.2) is 11.3 Å². The monoisotopic (exact) mass is 384 g/mol. The van der Waals surface area contributed by atoms with Crippen molar-refractivity contribution in [2.75, 3.05) is 5.75 Å². The number of aryl methyl sites for hydroxylation is 1. The Morgan fingerprint density at radius 3 is 2.88 bits per heavy atom. The van der Waals surface area contributed by atoms with Gasteiger partial charge in [-0.15, -0.1) is 16.4 Å². The number of hydrogen-bond donors (Lipinski definition) is 1. The number of carbonyl (C=O) groups excluding carboxylic acids is 1. The van der Waals surface area contributed by atoms with E-state index in [1.54, 1.807) is 28.1 Å². The Balaban J connectivity index is 1.83. The van der Waals surface area contributed by atoms with Crippen LogP contribution in [0.25, 0.3) is 5.70 Å². The summed E-state index contributed by atoms with van der Waals surface area (Å²) in [7, 11) is 0. The van der Waals surface area contributed by atoms with Gasteiger partial charge in [0.25, 0.3) is 5.91 Å². The summed E-state index contributed by atoms with van der Waals surface area (Å²) in [5, 5.41) is 11.8. The molecule has 0 saturated heterocycles. The highest BCUT2D eigenvalue weighted by Crippen LogP contribution is 2.34. The molecule has 7 heteroatoms. The highest BCUT2D eigenvalue weighted by molar-refractivity contribution is 8.13. The molecule has 2 aliphatic rings. The number of benzene rings is 1. The predicted molar refractivity (Wildman–Crippen MR) is 107 cm³/mol. The summed E-state index contributed by atoms with van der Waals surface area (Å²) in [4.78, 5) is 20.1. The summed E-state index contributed by atoms with van der Waals surface area (Å²) >= 11 is 3.28. The van der Waals surface area contributed by atoms with Gasteiger partial charge >= 0.3 is 0 Å². The SMILES string of the molecule is CCCCSC1=NN2C(=c3ccccc3=N[C@@H]2c2ccc(C)s2)C(=O)N1. The van der Waals surface area contributed by atoms with Gasteiger partial charge in [0, 0.05) is 15.8 Å². The van der Waals surface area contributed by atoms with E-state index in [2.05, 4.69) is 31.3 Å².